The van der Waals surface area contributed by atoms with Gasteiger partial charge in [0.25, 0.3) is 0 Å². The number of halogens is 1. The minimum absolute atomic E-state index is 0.0660. The third-order valence-electron chi connectivity index (χ3n) is 4.05. The molecule has 0 radical (unpaired) electrons. The van der Waals surface area contributed by atoms with Crippen molar-refractivity contribution in [2.45, 2.75) is 24.6 Å². The Morgan fingerprint density at radius 1 is 1.58 bits per heavy atom. The highest BCUT2D eigenvalue weighted by Gasteiger charge is 2.51. The molecule has 2 bridgehead atoms. The number of nitrogens with zero attached hydrogens (tertiary/aromatic N) is 2. The first kappa shape index (κ1) is 12.7. The number of aliphatic hydroxyl groups excluding tert-OH is 1. The topological polar surface area (TPSA) is 105 Å². The summed E-state index contributed by atoms with van der Waals surface area (Å²) in [5.41, 5.74) is 11.5. The van der Waals surface area contributed by atoms with Crippen molar-refractivity contribution in [2.24, 2.45) is 17.4 Å². The summed E-state index contributed by atoms with van der Waals surface area (Å²) in [6.07, 6.45) is 1.66. The predicted octanol–water partition coefficient (Wildman–Crippen LogP) is -0.269. The number of primary amides is 1. The second-order valence-electron chi connectivity index (χ2n) is 5.18. The second kappa shape index (κ2) is 4.33. The molecule has 1 aromatic heterocycles. The van der Waals surface area contributed by atoms with Crippen LogP contribution < -0.4 is 16.4 Å². The Bertz CT molecular complexity index is 538. The summed E-state index contributed by atoms with van der Waals surface area (Å²) < 4.78 is 0. The van der Waals surface area contributed by atoms with Gasteiger partial charge in [0, 0.05) is 18.8 Å². The van der Waals surface area contributed by atoms with Crippen LogP contribution in [-0.2, 0) is 0 Å². The fraction of sp³-hybridized carbons (Fsp3) is 0.500. The van der Waals surface area contributed by atoms with Gasteiger partial charge in [-0.3, -0.25) is 4.79 Å². The van der Waals surface area contributed by atoms with Crippen molar-refractivity contribution in [2.75, 3.05) is 11.4 Å². The normalized spacial score (nSPS) is 32.9. The molecule has 2 fully saturated rings. The van der Waals surface area contributed by atoms with Crippen LogP contribution in [0.1, 0.15) is 16.8 Å². The highest BCUT2D eigenvalue weighted by Crippen LogP contribution is 2.41. The predicted molar refractivity (Wildman–Crippen MR) is 71.0 cm³/mol. The van der Waals surface area contributed by atoms with E-state index < -0.39 is 12.0 Å². The number of pyridine rings is 1. The van der Waals surface area contributed by atoms with E-state index in [2.05, 4.69) is 4.98 Å². The Morgan fingerprint density at radius 3 is 2.84 bits per heavy atom. The Hall–Kier alpha value is -1.37. The number of carbonyl (C=O) groups is 1. The molecule has 0 aromatic carbocycles. The fourth-order valence-corrected chi connectivity index (χ4v) is 3.41. The van der Waals surface area contributed by atoms with Crippen LogP contribution in [0.5, 0.6) is 0 Å². The number of aliphatic hydroxyl groups is 1. The number of nitrogens with two attached hydrogens (primary N) is 2. The molecule has 1 aromatic rings. The molecule has 1 saturated carbocycles. The van der Waals surface area contributed by atoms with Crippen molar-refractivity contribution < 1.29 is 9.90 Å². The van der Waals surface area contributed by atoms with Gasteiger partial charge in [-0.05, 0) is 18.4 Å². The molecule has 1 saturated heterocycles. The van der Waals surface area contributed by atoms with Gasteiger partial charge in [0.2, 0.25) is 5.91 Å². The lowest BCUT2D eigenvalue weighted by Gasteiger charge is -2.32. The molecule has 102 valence electrons. The SMILES string of the molecule is NC(=O)c1cnc(N2C[C@H]3C[C@H](O)[C@@H]2[C@@H]3N)c(Cl)c1. The van der Waals surface area contributed by atoms with Gasteiger partial charge < -0.3 is 21.5 Å². The highest BCUT2D eigenvalue weighted by atomic mass is 35.5. The highest BCUT2D eigenvalue weighted by molar-refractivity contribution is 6.33. The van der Waals surface area contributed by atoms with E-state index in [4.69, 9.17) is 23.1 Å². The summed E-state index contributed by atoms with van der Waals surface area (Å²) >= 11 is 6.15. The van der Waals surface area contributed by atoms with Crippen molar-refractivity contribution in [1.29, 1.82) is 0 Å². The summed E-state index contributed by atoms with van der Waals surface area (Å²) in [6, 6.07) is 1.27. The van der Waals surface area contributed by atoms with Crippen molar-refractivity contribution in [3.05, 3.63) is 22.8 Å². The van der Waals surface area contributed by atoms with E-state index in [1.54, 1.807) is 0 Å². The number of fused-ring (bicyclic) bond motifs is 2. The average molecular weight is 283 g/mol. The van der Waals surface area contributed by atoms with Crippen LogP contribution in [0.15, 0.2) is 12.3 Å². The minimum Gasteiger partial charge on any atom is -0.391 e. The van der Waals surface area contributed by atoms with Crippen molar-refractivity contribution in [3.63, 3.8) is 0 Å². The van der Waals surface area contributed by atoms with Gasteiger partial charge in [0.1, 0.15) is 5.82 Å². The molecular weight excluding hydrogens is 268 g/mol. The van der Waals surface area contributed by atoms with Gasteiger partial charge in [0.05, 0.1) is 22.7 Å². The van der Waals surface area contributed by atoms with Crippen LogP contribution in [0.2, 0.25) is 5.02 Å². The van der Waals surface area contributed by atoms with Gasteiger partial charge >= 0.3 is 0 Å². The van der Waals surface area contributed by atoms with E-state index in [0.717, 1.165) is 13.0 Å². The summed E-state index contributed by atoms with van der Waals surface area (Å²) in [4.78, 5) is 17.2. The van der Waals surface area contributed by atoms with Crippen molar-refractivity contribution in [3.8, 4) is 0 Å². The van der Waals surface area contributed by atoms with E-state index in [0.29, 0.717) is 10.8 Å². The zero-order chi connectivity index (χ0) is 13.7. The zero-order valence-corrected chi connectivity index (χ0v) is 10.9. The van der Waals surface area contributed by atoms with Gasteiger partial charge in [-0.15, -0.1) is 0 Å². The van der Waals surface area contributed by atoms with Crippen LogP contribution in [-0.4, -0.2) is 40.7 Å². The number of aromatic nitrogens is 1. The molecule has 1 aliphatic heterocycles. The number of piperidine rings is 1. The maximum Gasteiger partial charge on any atom is 0.250 e. The lowest BCUT2D eigenvalue weighted by molar-refractivity contribution is 0.1000. The number of amides is 1. The molecule has 2 heterocycles. The summed E-state index contributed by atoms with van der Waals surface area (Å²) in [7, 11) is 0. The van der Waals surface area contributed by atoms with Crippen LogP contribution in [0.4, 0.5) is 5.82 Å². The van der Waals surface area contributed by atoms with Crippen LogP contribution in [0.3, 0.4) is 0 Å². The largest absolute Gasteiger partial charge is 0.391 e. The third-order valence-corrected chi connectivity index (χ3v) is 4.32. The minimum atomic E-state index is -0.569. The van der Waals surface area contributed by atoms with Gasteiger partial charge in [-0.1, -0.05) is 11.6 Å². The standard InChI is InChI=1S/C12H15ClN4O2/c13-7-1-5(11(15)19)3-16-12(7)17-4-6-2-8(18)10(17)9(6)14/h1,3,6,8-10,18H,2,4,14H2,(H2,15,19)/t6-,8+,9-,10-/m1/s1. The molecule has 6 nitrogen and oxygen atoms in total. The number of hydrogen-bond donors (Lipinski definition) is 3. The van der Waals surface area contributed by atoms with Gasteiger partial charge in [-0.2, -0.15) is 0 Å². The zero-order valence-electron chi connectivity index (χ0n) is 10.2. The number of hydrogen-bond acceptors (Lipinski definition) is 5. The molecule has 1 aliphatic carbocycles. The summed E-state index contributed by atoms with van der Waals surface area (Å²) in [5.74, 6) is 0.239. The molecule has 0 spiro atoms. The van der Waals surface area contributed by atoms with Crippen molar-refractivity contribution in [1.82, 2.24) is 4.98 Å². The molecule has 7 heteroatoms. The number of anilines is 1. The first-order valence-electron chi connectivity index (χ1n) is 6.14. The summed E-state index contributed by atoms with van der Waals surface area (Å²) in [6.45, 7) is 0.728. The second-order valence-corrected chi connectivity index (χ2v) is 5.58. The fourth-order valence-electron chi connectivity index (χ4n) is 3.13. The molecule has 4 atom stereocenters. The van der Waals surface area contributed by atoms with Crippen LogP contribution >= 0.6 is 11.6 Å². The Balaban J connectivity index is 1.94. The maximum absolute atomic E-state index is 11.1. The first-order chi connectivity index (χ1) is 8.99. The molecule has 2 aliphatic rings. The molecule has 1 amide bonds. The Morgan fingerprint density at radius 2 is 2.32 bits per heavy atom. The Labute approximate surface area is 115 Å². The van der Waals surface area contributed by atoms with Crippen molar-refractivity contribution >= 4 is 23.3 Å². The first-order valence-corrected chi connectivity index (χ1v) is 6.52. The quantitative estimate of drug-likeness (QED) is 0.692. The van der Waals surface area contributed by atoms with E-state index in [1.807, 2.05) is 4.90 Å². The van der Waals surface area contributed by atoms with E-state index in [9.17, 15) is 9.90 Å². The number of carbonyl (C=O) groups excluding carboxylic acids is 1. The average Bonchev–Trinajstić information content (AvgIpc) is 2.80. The maximum atomic E-state index is 11.1. The molecule has 3 rings (SSSR count). The van der Waals surface area contributed by atoms with Gasteiger partial charge in [-0.25, -0.2) is 4.98 Å². The van der Waals surface area contributed by atoms with E-state index in [1.165, 1.54) is 12.3 Å². The molecule has 5 N–H and O–H groups in total. The van der Waals surface area contributed by atoms with E-state index in [-0.39, 0.29) is 23.6 Å². The monoisotopic (exact) mass is 282 g/mol. The third kappa shape index (κ3) is 1.87. The lowest BCUT2D eigenvalue weighted by atomic mass is 10.1. The van der Waals surface area contributed by atoms with Crippen LogP contribution in [0, 0.1) is 5.92 Å². The lowest BCUT2D eigenvalue weighted by Crippen LogP contribution is -2.46. The Kier molecular flexibility index (Phi) is 2.88. The van der Waals surface area contributed by atoms with Gasteiger partial charge in [0.15, 0.2) is 0 Å². The molecule has 0 unspecified atom stereocenters. The van der Waals surface area contributed by atoms with E-state index >= 15 is 0 Å². The van der Waals surface area contributed by atoms with Crippen LogP contribution in [0.25, 0.3) is 0 Å². The smallest absolute Gasteiger partial charge is 0.250 e. The number of rotatable bonds is 2. The molecular formula is C12H15ClN4O2. The molecule has 19 heavy (non-hydrogen) atoms. The summed E-state index contributed by atoms with van der Waals surface area (Å²) in [5, 5.41) is 10.3.